The van der Waals surface area contributed by atoms with Gasteiger partial charge in [-0.05, 0) is 13.1 Å². The monoisotopic (exact) mass is 248 g/mol. The molecule has 1 N–H and O–H groups in total. The fourth-order valence-corrected chi connectivity index (χ4v) is 1.63. The van der Waals surface area contributed by atoms with Crippen LogP contribution in [0.2, 0.25) is 0 Å². The van der Waals surface area contributed by atoms with Crippen molar-refractivity contribution in [2.45, 2.75) is 12.6 Å². The summed E-state index contributed by atoms with van der Waals surface area (Å²) < 4.78 is 26.0. The van der Waals surface area contributed by atoms with Gasteiger partial charge in [-0.3, -0.25) is 4.90 Å². The quantitative estimate of drug-likeness (QED) is 0.878. The summed E-state index contributed by atoms with van der Waals surface area (Å²) in [5.41, 5.74) is 0.547. The van der Waals surface area contributed by atoms with E-state index in [0.717, 1.165) is 19.2 Å². The first-order chi connectivity index (χ1) is 7.16. The van der Waals surface area contributed by atoms with Gasteiger partial charge in [-0.15, -0.1) is 12.4 Å². The maximum Gasteiger partial charge on any atom is 0.130 e. The molecule has 1 aromatic rings. The zero-order chi connectivity index (χ0) is 10.8. The van der Waals surface area contributed by atoms with Crippen molar-refractivity contribution < 1.29 is 8.78 Å². The Morgan fingerprint density at radius 3 is 2.56 bits per heavy atom. The smallest absolute Gasteiger partial charge is 0.130 e. The number of hydrogen-bond donors (Lipinski definition) is 1. The Kier molecular flexibility index (Phi) is 4.65. The predicted molar refractivity (Wildman–Crippen MR) is 61.7 cm³/mol. The average Bonchev–Trinajstić information content (AvgIpc) is 2.07. The van der Waals surface area contributed by atoms with E-state index in [4.69, 9.17) is 0 Å². The molecule has 0 radical (unpaired) electrons. The highest BCUT2D eigenvalue weighted by molar-refractivity contribution is 5.85. The van der Waals surface area contributed by atoms with Crippen LogP contribution in [0.3, 0.4) is 0 Å². The molecule has 1 heterocycles. The third-order valence-electron chi connectivity index (χ3n) is 2.82. The Morgan fingerprint density at radius 1 is 1.38 bits per heavy atom. The highest BCUT2D eigenvalue weighted by Gasteiger charge is 2.21. The number of halogens is 3. The highest BCUT2D eigenvalue weighted by Crippen LogP contribution is 2.13. The summed E-state index contributed by atoms with van der Waals surface area (Å²) in [6.07, 6.45) is 0. The molecule has 0 aromatic heterocycles. The molecule has 0 atom stereocenters. The second-order valence-corrected chi connectivity index (χ2v) is 3.96. The van der Waals surface area contributed by atoms with Gasteiger partial charge in [-0.25, -0.2) is 8.78 Å². The summed E-state index contributed by atoms with van der Waals surface area (Å²) in [4.78, 5) is 2.08. The number of nitrogens with zero attached hydrogens (tertiary/aromatic N) is 1. The van der Waals surface area contributed by atoms with Gasteiger partial charge in [-0.1, -0.05) is 6.07 Å². The lowest BCUT2D eigenvalue weighted by Crippen LogP contribution is -2.55. The molecule has 0 spiro atoms. The van der Waals surface area contributed by atoms with Gasteiger partial charge >= 0.3 is 0 Å². The van der Waals surface area contributed by atoms with Gasteiger partial charge in [0, 0.05) is 37.3 Å². The van der Waals surface area contributed by atoms with E-state index in [-0.39, 0.29) is 12.4 Å². The molecule has 5 heteroatoms. The van der Waals surface area contributed by atoms with E-state index in [9.17, 15) is 8.78 Å². The Labute approximate surface area is 100 Å². The van der Waals surface area contributed by atoms with Gasteiger partial charge in [0.05, 0.1) is 0 Å². The van der Waals surface area contributed by atoms with Gasteiger partial charge in [0.25, 0.3) is 0 Å². The molecule has 16 heavy (non-hydrogen) atoms. The molecule has 0 unspecified atom stereocenters. The molecule has 1 aromatic carbocycles. The first kappa shape index (κ1) is 13.4. The van der Waals surface area contributed by atoms with Crippen molar-refractivity contribution >= 4 is 12.4 Å². The van der Waals surface area contributed by atoms with E-state index in [2.05, 4.69) is 10.2 Å². The minimum absolute atomic E-state index is 0. The van der Waals surface area contributed by atoms with Crippen LogP contribution in [-0.4, -0.2) is 31.1 Å². The van der Waals surface area contributed by atoms with Crippen LogP contribution in [0.5, 0.6) is 0 Å². The standard InChI is InChI=1S/C11H14F2N2.ClH/c1-15(10-5-14-6-10)7-8-2-3-9(12)4-11(8)13;/h2-4,10,14H,5-7H2,1H3;1H. The lowest BCUT2D eigenvalue weighted by molar-refractivity contribution is 0.171. The van der Waals surface area contributed by atoms with Gasteiger partial charge in [0.1, 0.15) is 11.6 Å². The minimum Gasteiger partial charge on any atom is -0.314 e. The van der Waals surface area contributed by atoms with Crippen LogP contribution < -0.4 is 5.32 Å². The van der Waals surface area contributed by atoms with Crippen molar-refractivity contribution in [3.63, 3.8) is 0 Å². The molecule has 1 aliphatic rings. The highest BCUT2D eigenvalue weighted by atomic mass is 35.5. The van der Waals surface area contributed by atoms with E-state index >= 15 is 0 Å². The third-order valence-corrected chi connectivity index (χ3v) is 2.82. The van der Waals surface area contributed by atoms with E-state index in [1.54, 1.807) is 0 Å². The predicted octanol–water partition coefficient (Wildman–Crippen LogP) is 1.79. The maximum absolute atomic E-state index is 13.3. The molecule has 90 valence electrons. The molecule has 1 saturated heterocycles. The number of benzene rings is 1. The second kappa shape index (κ2) is 5.57. The molecule has 0 aliphatic carbocycles. The zero-order valence-electron chi connectivity index (χ0n) is 9.04. The number of rotatable bonds is 3. The molecular weight excluding hydrogens is 234 g/mol. The molecular formula is C11H15ClF2N2. The van der Waals surface area contributed by atoms with Crippen LogP contribution in [-0.2, 0) is 6.54 Å². The minimum atomic E-state index is -0.524. The lowest BCUT2D eigenvalue weighted by atomic mass is 10.1. The normalized spacial score (nSPS) is 15.8. The van der Waals surface area contributed by atoms with Crippen LogP contribution in [0.25, 0.3) is 0 Å². The van der Waals surface area contributed by atoms with Crippen molar-refractivity contribution in [3.8, 4) is 0 Å². The van der Waals surface area contributed by atoms with Crippen molar-refractivity contribution in [2.75, 3.05) is 20.1 Å². The zero-order valence-corrected chi connectivity index (χ0v) is 9.86. The van der Waals surface area contributed by atoms with Gasteiger partial charge < -0.3 is 5.32 Å². The summed E-state index contributed by atoms with van der Waals surface area (Å²) in [7, 11) is 1.95. The van der Waals surface area contributed by atoms with E-state index < -0.39 is 11.6 Å². The molecule has 0 amide bonds. The van der Waals surface area contributed by atoms with Crippen molar-refractivity contribution in [2.24, 2.45) is 0 Å². The largest absolute Gasteiger partial charge is 0.314 e. The summed E-state index contributed by atoms with van der Waals surface area (Å²) in [5, 5.41) is 3.16. The van der Waals surface area contributed by atoms with Crippen LogP contribution >= 0.6 is 12.4 Å². The van der Waals surface area contributed by atoms with Gasteiger partial charge in [0.15, 0.2) is 0 Å². The second-order valence-electron chi connectivity index (χ2n) is 3.96. The summed E-state index contributed by atoms with van der Waals surface area (Å²) in [6, 6.07) is 4.20. The van der Waals surface area contributed by atoms with Gasteiger partial charge in [0.2, 0.25) is 0 Å². The Morgan fingerprint density at radius 2 is 2.06 bits per heavy atom. The maximum atomic E-state index is 13.3. The fraction of sp³-hybridized carbons (Fsp3) is 0.455. The van der Waals surface area contributed by atoms with Crippen molar-refractivity contribution in [1.29, 1.82) is 0 Å². The molecule has 2 rings (SSSR count). The first-order valence-electron chi connectivity index (χ1n) is 5.01. The number of nitrogens with one attached hydrogen (secondary N) is 1. The SMILES string of the molecule is CN(Cc1ccc(F)cc1F)C1CNC1.Cl. The topological polar surface area (TPSA) is 15.3 Å². The van der Waals surface area contributed by atoms with Crippen LogP contribution in [0.4, 0.5) is 8.78 Å². The van der Waals surface area contributed by atoms with Crippen LogP contribution in [0, 0.1) is 11.6 Å². The number of hydrogen-bond acceptors (Lipinski definition) is 2. The summed E-state index contributed by atoms with van der Waals surface area (Å²) in [6.45, 7) is 2.41. The van der Waals surface area contributed by atoms with Gasteiger partial charge in [-0.2, -0.15) is 0 Å². The number of likely N-dealkylation sites (N-methyl/N-ethyl adjacent to an activating group) is 1. The molecule has 1 aliphatic heterocycles. The van der Waals surface area contributed by atoms with E-state index in [1.807, 2.05) is 7.05 Å². The average molecular weight is 249 g/mol. The van der Waals surface area contributed by atoms with Crippen molar-refractivity contribution in [1.82, 2.24) is 10.2 Å². The Balaban J connectivity index is 0.00000128. The van der Waals surface area contributed by atoms with Crippen molar-refractivity contribution in [3.05, 3.63) is 35.4 Å². The lowest BCUT2D eigenvalue weighted by Gasteiger charge is -2.35. The molecule has 0 saturated carbocycles. The summed E-state index contributed by atoms with van der Waals surface area (Å²) in [5.74, 6) is -0.988. The molecule has 2 nitrogen and oxygen atoms in total. The fourth-order valence-electron chi connectivity index (χ4n) is 1.63. The van der Waals surface area contributed by atoms with Crippen LogP contribution in [0.1, 0.15) is 5.56 Å². The first-order valence-corrected chi connectivity index (χ1v) is 5.01. The van der Waals surface area contributed by atoms with Crippen LogP contribution in [0.15, 0.2) is 18.2 Å². The third kappa shape index (κ3) is 2.90. The Bertz CT molecular complexity index is 356. The molecule has 0 bridgehead atoms. The summed E-state index contributed by atoms with van der Waals surface area (Å²) >= 11 is 0. The molecule has 1 fully saturated rings. The van der Waals surface area contributed by atoms with E-state index in [1.165, 1.54) is 12.1 Å². The Hall–Kier alpha value is -0.710. The van der Waals surface area contributed by atoms with E-state index in [0.29, 0.717) is 18.2 Å².